The summed E-state index contributed by atoms with van der Waals surface area (Å²) in [5.41, 5.74) is 0.124. The molecule has 1 spiro atoms. The van der Waals surface area contributed by atoms with Crippen molar-refractivity contribution in [2.45, 2.75) is 75.9 Å². The van der Waals surface area contributed by atoms with Gasteiger partial charge in [-0.15, -0.1) is 0 Å². The Bertz CT molecular complexity index is 1390. The van der Waals surface area contributed by atoms with Crippen molar-refractivity contribution >= 4 is 40.7 Å². The molecule has 43 heavy (non-hydrogen) atoms. The van der Waals surface area contributed by atoms with E-state index in [1.807, 2.05) is 6.07 Å². The van der Waals surface area contributed by atoms with Crippen LogP contribution in [0.1, 0.15) is 63.5 Å². The van der Waals surface area contributed by atoms with E-state index < -0.39 is 29.2 Å². The molecule has 4 aliphatic rings. The number of nitrogens with zero attached hydrogens (tertiary/aromatic N) is 2. The molecule has 0 radical (unpaired) electrons. The number of carbonyl (C=O) groups is 2. The number of hydrogen-bond donors (Lipinski definition) is 3. The Morgan fingerprint density at radius 3 is 2.56 bits per heavy atom. The number of halogens is 3. The van der Waals surface area contributed by atoms with Gasteiger partial charge in [-0.05, 0) is 67.0 Å². The lowest BCUT2D eigenvalue weighted by molar-refractivity contribution is -0.123. The largest absolute Gasteiger partial charge is 0.355 e. The standard InChI is InChI=1S/C33H42Cl2FN5O2/c1-32(2,3)19-26-33(23-11-8-20(34)18-25(23)38-31(33)43)27(22-6-4-7-24(35)28(22)36)29(39-26)30(42)37-12-5-13-40-14-16-41(17-15-40)21-9-10-21/h4,6-8,11,18,21,26-27,29,39H,5,9-10,12-17,19H2,1-3H3,(H,37,42)(H,38,43). The van der Waals surface area contributed by atoms with E-state index >= 15 is 4.39 Å². The van der Waals surface area contributed by atoms with Crippen LogP contribution in [0.25, 0.3) is 0 Å². The maximum atomic E-state index is 15.9. The van der Waals surface area contributed by atoms with Gasteiger partial charge in [0.15, 0.2) is 0 Å². The summed E-state index contributed by atoms with van der Waals surface area (Å²) in [6, 6.07) is 9.63. The number of rotatable bonds is 8. The lowest BCUT2D eigenvalue weighted by Gasteiger charge is -2.37. The number of piperazine rings is 1. The highest BCUT2D eigenvalue weighted by Crippen LogP contribution is 2.57. The monoisotopic (exact) mass is 629 g/mol. The molecular formula is C33H42Cl2FN5O2. The van der Waals surface area contributed by atoms with E-state index in [2.05, 4.69) is 46.5 Å². The Morgan fingerprint density at radius 1 is 1.12 bits per heavy atom. The van der Waals surface area contributed by atoms with Crippen LogP contribution in [0.15, 0.2) is 36.4 Å². The second-order valence-electron chi connectivity index (χ2n) is 13.8. The summed E-state index contributed by atoms with van der Waals surface area (Å²) in [7, 11) is 0. The van der Waals surface area contributed by atoms with Gasteiger partial charge in [0.25, 0.3) is 0 Å². The second-order valence-corrected chi connectivity index (χ2v) is 14.7. The predicted octanol–water partition coefficient (Wildman–Crippen LogP) is 5.17. The zero-order chi connectivity index (χ0) is 30.5. The molecule has 4 atom stereocenters. The molecule has 2 aromatic rings. The smallest absolute Gasteiger partial charge is 0.237 e. The molecule has 2 amide bonds. The fourth-order valence-corrected chi connectivity index (χ4v) is 7.92. The summed E-state index contributed by atoms with van der Waals surface area (Å²) < 4.78 is 15.9. The van der Waals surface area contributed by atoms with Crippen molar-refractivity contribution in [1.82, 2.24) is 20.4 Å². The van der Waals surface area contributed by atoms with Crippen molar-refractivity contribution in [3.8, 4) is 0 Å². The van der Waals surface area contributed by atoms with Gasteiger partial charge >= 0.3 is 0 Å². The average Bonchev–Trinajstić information content (AvgIpc) is 3.70. The molecular weight excluding hydrogens is 588 g/mol. The van der Waals surface area contributed by atoms with Gasteiger partial charge in [-0.25, -0.2) is 4.39 Å². The topological polar surface area (TPSA) is 76.7 Å². The van der Waals surface area contributed by atoms with Gasteiger partial charge in [-0.1, -0.05) is 62.2 Å². The van der Waals surface area contributed by atoms with Crippen molar-refractivity contribution in [1.29, 1.82) is 0 Å². The van der Waals surface area contributed by atoms with Gasteiger partial charge < -0.3 is 20.9 Å². The molecule has 2 aromatic carbocycles. The van der Waals surface area contributed by atoms with E-state index in [-0.39, 0.29) is 27.8 Å². The van der Waals surface area contributed by atoms with Crippen LogP contribution in [0.4, 0.5) is 10.1 Å². The number of hydrogen-bond acceptors (Lipinski definition) is 5. The average molecular weight is 631 g/mol. The first-order valence-corrected chi connectivity index (χ1v) is 16.3. The lowest BCUT2D eigenvalue weighted by atomic mass is 9.62. The highest BCUT2D eigenvalue weighted by molar-refractivity contribution is 6.31. The van der Waals surface area contributed by atoms with Gasteiger partial charge in [0.1, 0.15) is 11.2 Å². The molecule has 0 bridgehead atoms. The van der Waals surface area contributed by atoms with E-state index in [0.717, 1.165) is 45.2 Å². The highest BCUT2D eigenvalue weighted by Gasteiger charge is 2.66. The SMILES string of the molecule is CC(C)(C)CC1NC(C(=O)NCCCN2CCN(C3CC3)CC2)C(c2cccc(Cl)c2F)C12C(=O)Nc1cc(Cl)ccc12. The molecule has 232 valence electrons. The predicted molar refractivity (Wildman–Crippen MR) is 169 cm³/mol. The number of nitrogens with one attached hydrogen (secondary N) is 3. The number of carbonyl (C=O) groups excluding carboxylic acids is 2. The third-order valence-electron chi connectivity index (χ3n) is 9.64. The molecule has 2 saturated heterocycles. The van der Waals surface area contributed by atoms with Gasteiger partial charge in [0.2, 0.25) is 11.8 Å². The van der Waals surface area contributed by atoms with Crippen LogP contribution in [-0.4, -0.2) is 79.0 Å². The van der Waals surface area contributed by atoms with Gasteiger partial charge in [-0.2, -0.15) is 0 Å². The number of anilines is 1. The van der Waals surface area contributed by atoms with Crippen LogP contribution in [0.2, 0.25) is 10.0 Å². The molecule has 10 heteroatoms. The second kappa shape index (κ2) is 11.9. The first-order chi connectivity index (χ1) is 20.5. The summed E-state index contributed by atoms with van der Waals surface area (Å²) in [5.74, 6) is -1.95. The fourth-order valence-electron chi connectivity index (χ4n) is 7.57. The van der Waals surface area contributed by atoms with Gasteiger partial charge in [0.05, 0.1) is 11.1 Å². The fraction of sp³-hybridized carbons (Fsp3) is 0.576. The highest BCUT2D eigenvalue weighted by atomic mass is 35.5. The first-order valence-electron chi connectivity index (χ1n) is 15.5. The molecule has 3 N–H and O–H groups in total. The maximum absolute atomic E-state index is 15.9. The van der Waals surface area contributed by atoms with E-state index in [0.29, 0.717) is 29.2 Å². The minimum atomic E-state index is -1.25. The lowest BCUT2D eigenvalue weighted by Crippen LogP contribution is -2.49. The molecule has 7 nitrogen and oxygen atoms in total. The minimum Gasteiger partial charge on any atom is -0.355 e. The van der Waals surface area contributed by atoms with Crippen LogP contribution in [-0.2, 0) is 15.0 Å². The summed E-state index contributed by atoms with van der Waals surface area (Å²) >= 11 is 12.6. The minimum absolute atomic E-state index is 0.0393. The van der Waals surface area contributed by atoms with E-state index in [1.165, 1.54) is 18.9 Å². The van der Waals surface area contributed by atoms with Gasteiger partial charge in [-0.3, -0.25) is 14.5 Å². The molecule has 1 aliphatic carbocycles. The van der Waals surface area contributed by atoms with Crippen molar-refractivity contribution in [3.63, 3.8) is 0 Å². The summed E-state index contributed by atoms with van der Waals surface area (Å²) in [6.45, 7) is 12.1. The Hall–Kier alpha value is -2.23. The maximum Gasteiger partial charge on any atom is 0.237 e. The molecule has 0 aromatic heterocycles. The zero-order valence-corrected chi connectivity index (χ0v) is 26.7. The molecule has 3 aliphatic heterocycles. The Kier molecular flexibility index (Phi) is 8.54. The van der Waals surface area contributed by atoms with Crippen LogP contribution < -0.4 is 16.0 Å². The summed E-state index contributed by atoms with van der Waals surface area (Å²) in [6.07, 6.45) is 4.06. The molecule has 3 fully saturated rings. The third-order valence-corrected chi connectivity index (χ3v) is 10.2. The Labute approximate surface area is 263 Å². The number of benzene rings is 2. The van der Waals surface area contributed by atoms with Gasteiger partial charge in [0, 0.05) is 61.4 Å². The van der Waals surface area contributed by atoms with E-state index in [9.17, 15) is 9.59 Å². The van der Waals surface area contributed by atoms with Crippen LogP contribution in [0, 0.1) is 11.2 Å². The van der Waals surface area contributed by atoms with E-state index in [4.69, 9.17) is 23.2 Å². The first kappa shape index (κ1) is 30.8. The number of fused-ring (bicyclic) bond motifs is 2. The third kappa shape index (κ3) is 5.94. The van der Waals surface area contributed by atoms with E-state index in [1.54, 1.807) is 24.3 Å². The van der Waals surface area contributed by atoms with Crippen molar-refractivity contribution in [2.75, 3.05) is 44.6 Å². The molecule has 1 saturated carbocycles. The van der Waals surface area contributed by atoms with Crippen LogP contribution >= 0.6 is 23.2 Å². The quantitative estimate of drug-likeness (QED) is 0.351. The van der Waals surface area contributed by atoms with Crippen molar-refractivity contribution in [3.05, 3.63) is 63.4 Å². The Morgan fingerprint density at radius 2 is 1.86 bits per heavy atom. The summed E-state index contributed by atoms with van der Waals surface area (Å²) in [5, 5.41) is 10.1. The van der Waals surface area contributed by atoms with Crippen molar-refractivity contribution in [2.24, 2.45) is 5.41 Å². The Balaban J connectivity index is 1.28. The number of amides is 2. The van der Waals surface area contributed by atoms with Crippen LogP contribution in [0.5, 0.6) is 0 Å². The normalized spacial score (nSPS) is 27.9. The van der Waals surface area contributed by atoms with Crippen LogP contribution in [0.3, 0.4) is 0 Å². The molecule has 6 rings (SSSR count). The molecule has 4 unspecified atom stereocenters. The van der Waals surface area contributed by atoms with Crippen molar-refractivity contribution < 1.29 is 14.0 Å². The molecule has 3 heterocycles. The summed E-state index contributed by atoms with van der Waals surface area (Å²) in [4.78, 5) is 33.3. The zero-order valence-electron chi connectivity index (χ0n) is 25.2.